The summed E-state index contributed by atoms with van der Waals surface area (Å²) < 4.78 is 46.2. The molecule has 2 saturated carbocycles. The van der Waals surface area contributed by atoms with Crippen molar-refractivity contribution < 1.29 is 47.6 Å². The standard InChI is InChI=1S/C42H51F2N3O8/c1-5-41(35(51)22-48)36(19-28-13-14-34(50)42(44)31(28)21-33(43)32-20-30(49)15-16-40(32,42)4)54-39(55-41)27-11-9-25(10-12-27)17-26-7-6-8-29(18-26)47-38(53)24(3)46-37(52)23(2)45/h6-12,15-16,18,20,23-24,28,31,33-34,36,39,48,50H,5,13-14,17,19,21-22,45H2,1-4H3,(H,46,52)(H,47,53)/t23-,24-,28-,31?,33-,34?,36+,39?,40?,41+,42-/m0/s1. The number of anilines is 1. The second kappa shape index (κ2) is 15.8. The number of ketones is 2. The highest BCUT2D eigenvalue weighted by Crippen LogP contribution is 2.63. The zero-order valence-corrected chi connectivity index (χ0v) is 31.6. The Morgan fingerprint density at radius 3 is 2.47 bits per heavy atom. The third-order valence-electron chi connectivity index (χ3n) is 12.3. The fourth-order valence-electron chi connectivity index (χ4n) is 9.12. The maximum Gasteiger partial charge on any atom is 0.246 e. The van der Waals surface area contributed by atoms with Crippen molar-refractivity contribution in [2.45, 2.75) is 114 Å². The summed E-state index contributed by atoms with van der Waals surface area (Å²) in [5.74, 6) is -3.25. The molecule has 2 amide bonds. The minimum Gasteiger partial charge on any atom is -0.390 e. The van der Waals surface area contributed by atoms with Gasteiger partial charge in [0.05, 0.1) is 18.2 Å². The summed E-state index contributed by atoms with van der Waals surface area (Å²) in [6, 6.07) is 13.2. The molecule has 2 aromatic rings. The number of aliphatic hydroxyl groups is 2. The lowest BCUT2D eigenvalue weighted by Gasteiger charge is -2.59. The molecule has 1 aliphatic heterocycles. The number of nitrogens with two attached hydrogens (primary N) is 1. The van der Waals surface area contributed by atoms with Crippen molar-refractivity contribution in [3.05, 3.63) is 89.0 Å². The minimum atomic E-state index is -2.27. The molecule has 6 N–H and O–H groups in total. The van der Waals surface area contributed by atoms with E-state index in [1.165, 1.54) is 26.0 Å². The van der Waals surface area contributed by atoms with Crippen LogP contribution in [0.5, 0.6) is 0 Å². The molecule has 0 bridgehead atoms. The largest absolute Gasteiger partial charge is 0.390 e. The molecule has 296 valence electrons. The Balaban J connectivity index is 1.18. The second-order valence-electron chi connectivity index (χ2n) is 15.7. The molecule has 1 saturated heterocycles. The number of Topliss-reactive ketones (excluding diaryl/α,β-unsaturated/α-hetero) is 1. The van der Waals surface area contributed by atoms with Gasteiger partial charge in [-0.15, -0.1) is 0 Å². The van der Waals surface area contributed by atoms with E-state index in [4.69, 9.17) is 15.2 Å². The molecule has 55 heavy (non-hydrogen) atoms. The monoisotopic (exact) mass is 763 g/mol. The first-order valence-corrected chi connectivity index (χ1v) is 19.0. The molecule has 1 heterocycles. The molecule has 0 radical (unpaired) electrons. The number of aliphatic hydroxyl groups excluding tert-OH is 2. The molecule has 4 aliphatic rings. The molecular formula is C42H51F2N3O8. The molecule has 2 aromatic carbocycles. The first-order chi connectivity index (χ1) is 26.1. The highest BCUT2D eigenvalue weighted by molar-refractivity contribution is 6.01. The van der Waals surface area contributed by atoms with Crippen LogP contribution in [0.4, 0.5) is 14.5 Å². The lowest BCUT2D eigenvalue weighted by molar-refractivity contribution is -0.173. The summed E-state index contributed by atoms with van der Waals surface area (Å²) in [6.45, 7) is 5.61. The SMILES string of the molecule is CC[C@]1(C(=O)CO)OC(c2ccc(Cc3cccc(NC(=O)[C@H](C)NC(=O)[C@H](C)N)c3)cc2)O[C@@H]1C[C@@H]1CCC(O)[C@@]2(F)C1C[C@H](F)C1=CC(=O)C=CC12C. The van der Waals surface area contributed by atoms with Crippen LogP contribution in [0.3, 0.4) is 0 Å². The zero-order chi connectivity index (χ0) is 39.9. The van der Waals surface area contributed by atoms with Gasteiger partial charge in [0.2, 0.25) is 11.8 Å². The number of allylic oxidation sites excluding steroid dienone is 4. The lowest BCUT2D eigenvalue weighted by Crippen LogP contribution is -2.65. The van der Waals surface area contributed by atoms with E-state index in [9.17, 15) is 29.4 Å². The molecule has 11 atom stereocenters. The van der Waals surface area contributed by atoms with Crippen LogP contribution < -0.4 is 16.4 Å². The van der Waals surface area contributed by atoms with Crippen molar-refractivity contribution >= 4 is 29.1 Å². The molecular weight excluding hydrogens is 712 g/mol. The molecule has 6 rings (SSSR count). The smallest absolute Gasteiger partial charge is 0.246 e. The second-order valence-corrected chi connectivity index (χ2v) is 15.7. The quantitative estimate of drug-likeness (QED) is 0.209. The van der Waals surface area contributed by atoms with Gasteiger partial charge in [0.15, 0.2) is 29.1 Å². The van der Waals surface area contributed by atoms with Crippen molar-refractivity contribution in [1.29, 1.82) is 0 Å². The number of alkyl halides is 2. The number of hydrogen-bond donors (Lipinski definition) is 5. The van der Waals surface area contributed by atoms with Gasteiger partial charge >= 0.3 is 0 Å². The van der Waals surface area contributed by atoms with E-state index < -0.39 is 89.4 Å². The van der Waals surface area contributed by atoms with E-state index in [0.29, 0.717) is 24.1 Å². The predicted molar refractivity (Wildman–Crippen MR) is 200 cm³/mol. The summed E-state index contributed by atoms with van der Waals surface area (Å²) >= 11 is 0. The predicted octanol–water partition coefficient (Wildman–Crippen LogP) is 4.49. The minimum absolute atomic E-state index is 0.0370. The van der Waals surface area contributed by atoms with Gasteiger partial charge in [0, 0.05) is 22.6 Å². The van der Waals surface area contributed by atoms with Crippen LogP contribution in [0.1, 0.15) is 82.8 Å². The van der Waals surface area contributed by atoms with Crippen molar-refractivity contribution in [2.75, 3.05) is 11.9 Å². The number of fused-ring (bicyclic) bond motifs is 3. The topological polar surface area (TPSA) is 177 Å². The summed E-state index contributed by atoms with van der Waals surface area (Å²) in [6.07, 6.45) is -0.0404. The third kappa shape index (κ3) is 7.44. The number of benzene rings is 2. The Labute approximate surface area is 319 Å². The van der Waals surface area contributed by atoms with Gasteiger partial charge in [-0.25, -0.2) is 8.78 Å². The van der Waals surface area contributed by atoms with Crippen LogP contribution in [0.25, 0.3) is 0 Å². The maximum atomic E-state index is 17.5. The fraction of sp³-hybridized carbons (Fsp3) is 0.524. The number of halogens is 2. The van der Waals surface area contributed by atoms with E-state index in [1.54, 1.807) is 19.9 Å². The lowest BCUT2D eigenvalue weighted by atomic mass is 9.48. The Morgan fingerprint density at radius 2 is 1.80 bits per heavy atom. The average molecular weight is 764 g/mol. The first-order valence-electron chi connectivity index (χ1n) is 19.0. The van der Waals surface area contributed by atoms with Gasteiger partial charge in [-0.2, -0.15) is 0 Å². The van der Waals surface area contributed by atoms with Crippen molar-refractivity contribution in [1.82, 2.24) is 5.32 Å². The number of amides is 2. The first kappa shape index (κ1) is 40.5. The molecule has 0 spiro atoms. The molecule has 4 unspecified atom stereocenters. The van der Waals surface area contributed by atoms with Crippen LogP contribution in [-0.4, -0.2) is 81.9 Å². The Kier molecular flexibility index (Phi) is 11.6. The van der Waals surface area contributed by atoms with E-state index in [0.717, 1.165) is 17.2 Å². The van der Waals surface area contributed by atoms with Gasteiger partial charge in [-0.3, -0.25) is 19.2 Å². The van der Waals surface area contributed by atoms with E-state index >= 15 is 8.78 Å². The summed E-state index contributed by atoms with van der Waals surface area (Å²) in [7, 11) is 0. The van der Waals surface area contributed by atoms with E-state index in [1.807, 2.05) is 42.5 Å². The van der Waals surface area contributed by atoms with Crippen molar-refractivity contribution in [3.63, 3.8) is 0 Å². The van der Waals surface area contributed by atoms with Gasteiger partial charge < -0.3 is 36.1 Å². The van der Waals surface area contributed by atoms with Crippen LogP contribution in [-0.2, 0) is 35.1 Å². The number of carbonyl (C=O) groups is 4. The van der Waals surface area contributed by atoms with Crippen molar-refractivity contribution in [2.24, 2.45) is 23.0 Å². The normalized spacial score (nSPS) is 33.8. The van der Waals surface area contributed by atoms with Crippen LogP contribution >= 0.6 is 0 Å². The molecule has 0 aromatic heterocycles. The van der Waals surface area contributed by atoms with E-state index in [2.05, 4.69) is 10.6 Å². The molecule has 13 heteroatoms. The number of carbonyl (C=O) groups excluding carboxylic acids is 4. The third-order valence-corrected chi connectivity index (χ3v) is 12.3. The maximum absolute atomic E-state index is 17.5. The van der Waals surface area contributed by atoms with Gasteiger partial charge in [0.1, 0.15) is 18.8 Å². The average Bonchev–Trinajstić information content (AvgIpc) is 3.54. The zero-order valence-electron chi connectivity index (χ0n) is 31.6. The highest BCUT2D eigenvalue weighted by Gasteiger charge is 2.67. The summed E-state index contributed by atoms with van der Waals surface area (Å²) in [5.41, 5.74) is 3.32. The molecule has 3 fully saturated rings. The Hall–Kier alpha value is -4.14. The number of ether oxygens (including phenoxy) is 2. The number of rotatable bonds is 12. The van der Waals surface area contributed by atoms with Crippen LogP contribution in [0.2, 0.25) is 0 Å². The van der Waals surface area contributed by atoms with Crippen molar-refractivity contribution in [3.8, 4) is 0 Å². The van der Waals surface area contributed by atoms with Crippen LogP contribution in [0.15, 0.2) is 72.3 Å². The van der Waals surface area contributed by atoms with Gasteiger partial charge in [0.25, 0.3) is 0 Å². The Bertz CT molecular complexity index is 1870. The summed E-state index contributed by atoms with van der Waals surface area (Å²) in [4.78, 5) is 50.2. The Morgan fingerprint density at radius 1 is 1.07 bits per heavy atom. The number of nitrogens with one attached hydrogen (secondary N) is 2. The molecule has 3 aliphatic carbocycles. The summed E-state index contributed by atoms with van der Waals surface area (Å²) in [5, 5.41) is 26.6. The van der Waals surface area contributed by atoms with Crippen LogP contribution in [0, 0.1) is 17.3 Å². The number of hydrogen-bond acceptors (Lipinski definition) is 9. The van der Waals surface area contributed by atoms with E-state index in [-0.39, 0.29) is 37.2 Å². The van der Waals surface area contributed by atoms with Gasteiger partial charge in [-0.1, -0.05) is 49.4 Å². The molecule has 11 nitrogen and oxygen atoms in total. The fourth-order valence-corrected chi connectivity index (χ4v) is 9.12. The highest BCUT2D eigenvalue weighted by atomic mass is 19.1. The van der Waals surface area contributed by atoms with Gasteiger partial charge in [-0.05, 0) is 106 Å².